The van der Waals surface area contributed by atoms with Crippen LogP contribution in [0.2, 0.25) is 0 Å². The van der Waals surface area contributed by atoms with Gasteiger partial charge in [-0.1, -0.05) is 84.9 Å². The Morgan fingerprint density at radius 2 is 1.35 bits per heavy atom. The number of hydrogen-bond donors (Lipinski definition) is 2. The second-order valence-corrected chi connectivity index (χ2v) is 9.90. The second-order valence-electron chi connectivity index (χ2n) is 8.72. The van der Waals surface area contributed by atoms with Crippen LogP contribution in [0.4, 0.5) is 11.4 Å². The Morgan fingerprint density at radius 3 is 2.14 bits per heavy atom. The lowest BCUT2D eigenvalue weighted by molar-refractivity contribution is -0.115. The fourth-order valence-electron chi connectivity index (χ4n) is 4.21. The first-order valence-corrected chi connectivity index (χ1v) is 12.9. The van der Waals surface area contributed by atoms with E-state index in [2.05, 4.69) is 10.6 Å². The minimum Gasteiger partial charge on any atom is -0.324 e. The lowest BCUT2D eigenvalue weighted by Gasteiger charge is -2.18. The summed E-state index contributed by atoms with van der Waals surface area (Å²) in [6.07, 6.45) is 0. The average Bonchev–Trinajstić information content (AvgIpc) is 2.93. The fraction of sp³-hybridized carbons (Fsp3) is 0.0625. The number of fused-ring (bicyclic) bond motifs is 1. The number of benzene rings is 5. The third-order valence-corrected chi connectivity index (χ3v) is 7.41. The number of rotatable bonds is 7. The zero-order valence-electron chi connectivity index (χ0n) is 20.3. The van der Waals surface area contributed by atoms with E-state index in [4.69, 9.17) is 0 Å². The maximum Gasteiger partial charge on any atom is 0.255 e. The van der Waals surface area contributed by atoms with Crippen molar-refractivity contribution in [1.29, 1.82) is 0 Å². The van der Waals surface area contributed by atoms with Gasteiger partial charge in [0, 0.05) is 27.2 Å². The summed E-state index contributed by atoms with van der Waals surface area (Å²) in [5, 5.41) is 7.73. The van der Waals surface area contributed by atoms with Crippen molar-refractivity contribution in [3.63, 3.8) is 0 Å². The Morgan fingerprint density at radius 1 is 0.676 bits per heavy atom. The Kier molecular flexibility index (Phi) is 7.33. The molecule has 5 rings (SSSR count). The highest BCUT2D eigenvalue weighted by Gasteiger charge is 2.23. The van der Waals surface area contributed by atoms with Crippen molar-refractivity contribution in [2.24, 2.45) is 0 Å². The summed E-state index contributed by atoms with van der Waals surface area (Å²) in [5.74, 6) is -0.236. The molecule has 0 aliphatic heterocycles. The van der Waals surface area contributed by atoms with Crippen molar-refractivity contribution < 1.29 is 9.59 Å². The monoisotopic (exact) mass is 502 g/mol. The summed E-state index contributed by atoms with van der Waals surface area (Å²) in [4.78, 5) is 27.2. The molecule has 5 heteroatoms. The van der Waals surface area contributed by atoms with Crippen molar-refractivity contribution in [2.75, 3.05) is 10.6 Å². The van der Waals surface area contributed by atoms with E-state index < -0.39 is 5.25 Å². The van der Waals surface area contributed by atoms with Crippen LogP contribution in [-0.2, 0) is 4.79 Å². The van der Waals surface area contributed by atoms with E-state index in [0.29, 0.717) is 11.3 Å². The molecule has 1 unspecified atom stereocenters. The first-order valence-electron chi connectivity index (χ1n) is 12.1. The van der Waals surface area contributed by atoms with Gasteiger partial charge < -0.3 is 10.6 Å². The molecule has 182 valence electrons. The first-order chi connectivity index (χ1) is 18.1. The summed E-state index contributed by atoms with van der Waals surface area (Å²) in [6.45, 7) is 1.92. The molecule has 0 saturated carbocycles. The number of carbonyl (C=O) groups is 2. The van der Waals surface area contributed by atoms with Gasteiger partial charge in [0.1, 0.15) is 5.25 Å². The van der Waals surface area contributed by atoms with E-state index in [-0.39, 0.29) is 11.8 Å². The van der Waals surface area contributed by atoms with Crippen LogP contribution in [0.15, 0.2) is 126 Å². The summed E-state index contributed by atoms with van der Waals surface area (Å²) in [6, 6.07) is 38.8. The second kappa shape index (κ2) is 11.1. The Balaban J connectivity index is 1.35. The average molecular weight is 503 g/mol. The largest absolute Gasteiger partial charge is 0.324 e. The normalized spacial score (nSPS) is 11.6. The quantitative estimate of drug-likeness (QED) is 0.223. The highest BCUT2D eigenvalue weighted by molar-refractivity contribution is 8.00. The minimum atomic E-state index is -0.451. The first kappa shape index (κ1) is 24.3. The topological polar surface area (TPSA) is 58.2 Å². The predicted molar refractivity (Wildman–Crippen MR) is 153 cm³/mol. The molecule has 0 fully saturated rings. The van der Waals surface area contributed by atoms with Crippen molar-refractivity contribution in [3.05, 3.63) is 138 Å². The molecule has 5 aromatic rings. The third kappa shape index (κ3) is 5.74. The molecule has 0 heterocycles. The molecule has 0 aromatic heterocycles. The van der Waals surface area contributed by atoms with E-state index >= 15 is 0 Å². The van der Waals surface area contributed by atoms with Crippen LogP contribution in [0.25, 0.3) is 10.8 Å². The van der Waals surface area contributed by atoms with Crippen LogP contribution in [0.5, 0.6) is 0 Å². The van der Waals surface area contributed by atoms with E-state index in [1.807, 2.05) is 128 Å². The molecule has 0 bridgehead atoms. The van der Waals surface area contributed by atoms with Crippen LogP contribution in [0.1, 0.15) is 26.7 Å². The number of carbonyl (C=O) groups excluding carboxylic acids is 2. The van der Waals surface area contributed by atoms with Crippen molar-refractivity contribution >= 4 is 45.7 Å². The molecule has 5 aromatic carbocycles. The molecule has 0 aliphatic rings. The molecule has 2 N–H and O–H groups in total. The van der Waals surface area contributed by atoms with Crippen molar-refractivity contribution in [2.45, 2.75) is 17.1 Å². The van der Waals surface area contributed by atoms with Gasteiger partial charge in [-0.3, -0.25) is 9.59 Å². The van der Waals surface area contributed by atoms with Gasteiger partial charge in [0.05, 0.1) is 0 Å². The standard InChI is InChI=1S/C32H26N2O2S/c1-22-10-5-7-15-27(22)31(35)33-25-18-20-26(21-19-25)37-30(24-12-3-2-4-13-24)32(36)34-29-17-9-14-23-11-6-8-16-28(23)29/h2-21,30H,1H3,(H,33,35)(H,34,36). The highest BCUT2D eigenvalue weighted by Crippen LogP contribution is 2.37. The number of hydrogen-bond acceptors (Lipinski definition) is 3. The molecule has 2 amide bonds. The lowest BCUT2D eigenvalue weighted by Crippen LogP contribution is -2.19. The highest BCUT2D eigenvalue weighted by atomic mass is 32.2. The van der Waals surface area contributed by atoms with Crippen LogP contribution in [-0.4, -0.2) is 11.8 Å². The number of thioether (sulfide) groups is 1. The zero-order chi connectivity index (χ0) is 25.6. The van der Waals surface area contributed by atoms with Crippen LogP contribution >= 0.6 is 11.8 Å². The fourth-order valence-corrected chi connectivity index (χ4v) is 5.24. The number of nitrogens with one attached hydrogen (secondary N) is 2. The van der Waals surface area contributed by atoms with Gasteiger partial charge in [-0.2, -0.15) is 0 Å². The van der Waals surface area contributed by atoms with Gasteiger partial charge in [-0.25, -0.2) is 0 Å². The molecule has 37 heavy (non-hydrogen) atoms. The van der Waals surface area contributed by atoms with Gasteiger partial charge in [0.2, 0.25) is 5.91 Å². The Bertz CT molecular complexity index is 1540. The van der Waals surface area contributed by atoms with Crippen molar-refractivity contribution in [1.82, 2.24) is 0 Å². The van der Waals surface area contributed by atoms with Gasteiger partial charge in [-0.05, 0) is 59.8 Å². The summed E-state index contributed by atoms with van der Waals surface area (Å²) in [5.41, 5.74) is 3.99. The van der Waals surface area contributed by atoms with E-state index in [9.17, 15) is 9.59 Å². The molecule has 0 aliphatic carbocycles. The minimum absolute atomic E-state index is 0.0931. The zero-order valence-corrected chi connectivity index (χ0v) is 21.2. The van der Waals surface area contributed by atoms with Gasteiger partial charge in [-0.15, -0.1) is 11.8 Å². The third-order valence-electron chi connectivity index (χ3n) is 6.14. The molecule has 0 saturated heterocycles. The number of aryl methyl sites for hydroxylation is 1. The maximum absolute atomic E-state index is 13.6. The molecule has 1 atom stereocenters. The van der Waals surface area contributed by atoms with Crippen LogP contribution in [0.3, 0.4) is 0 Å². The Hall–Kier alpha value is -4.35. The van der Waals surface area contributed by atoms with Crippen LogP contribution < -0.4 is 10.6 Å². The van der Waals surface area contributed by atoms with E-state index in [1.54, 1.807) is 0 Å². The molecular weight excluding hydrogens is 476 g/mol. The molecule has 0 spiro atoms. The van der Waals surface area contributed by atoms with Gasteiger partial charge >= 0.3 is 0 Å². The smallest absolute Gasteiger partial charge is 0.255 e. The predicted octanol–water partition coefficient (Wildman–Crippen LogP) is 7.87. The number of anilines is 2. The van der Waals surface area contributed by atoms with Crippen LogP contribution in [0, 0.1) is 6.92 Å². The Labute approximate surface area is 220 Å². The summed E-state index contributed by atoms with van der Waals surface area (Å²) in [7, 11) is 0. The SMILES string of the molecule is Cc1ccccc1C(=O)Nc1ccc(SC(C(=O)Nc2cccc3ccccc23)c2ccccc2)cc1. The summed E-state index contributed by atoms with van der Waals surface area (Å²) >= 11 is 1.48. The summed E-state index contributed by atoms with van der Waals surface area (Å²) < 4.78 is 0. The van der Waals surface area contributed by atoms with E-state index in [1.165, 1.54) is 11.8 Å². The van der Waals surface area contributed by atoms with Gasteiger partial charge in [0.25, 0.3) is 5.91 Å². The molecule has 4 nitrogen and oxygen atoms in total. The molecular formula is C32H26N2O2S. The van der Waals surface area contributed by atoms with Gasteiger partial charge in [0.15, 0.2) is 0 Å². The molecule has 0 radical (unpaired) electrons. The van der Waals surface area contributed by atoms with Crippen molar-refractivity contribution in [3.8, 4) is 0 Å². The maximum atomic E-state index is 13.6. The lowest BCUT2D eigenvalue weighted by atomic mass is 10.1. The van der Waals surface area contributed by atoms with E-state index in [0.717, 1.165) is 32.5 Å². The number of amides is 2.